The normalized spacial score (nSPS) is 10.9. The van der Waals surface area contributed by atoms with Gasteiger partial charge in [-0.15, -0.1) is 0 Å². The van der Waals surface area contributed by atoms with Crippen molar-refractivity contribution in [2.45, 2.75) is 0 Å². The number of amidine groups is 1. The molecule has 7 nitrogen and oxygen atoms in total. The van der Waals surface area contributed by atoms with Crippen molar-refractivity contribution in [2.75, 3.05) is 14.2 Å². The van der Waals surface area contributed by atoms with Gasteiger partial charge in [0.15, 0.2) is 18.2 Å². The van der Waals surface area contributed by atoms with Crippen LogP contribution in [0.25, 0.3) is 0 Å². The molecule has 0 fully saturated rings. The molecule has 114 valence electrons. The van der Waals surface area contributed by atoms with Crippen LogP contribution < -0.4 is 20.2 Å². The van der Waals surface area contributed by atoms with Crippen LogP contribution in [0.15, 0.2) is 47.9 Å². The van der Waals surface area contributed by atoms with E-state index < -0.39 is 5.97 Å². The molecule has 0 unspecified atom stereocenters. The number of nitrogens with one attached hydrogen (secondary N) is 1. The maximum absolute atomic E-state index is 12.2. The molecule has 0 bridgehead atoms. The third kappa shape index (κ3) is 3.32. The quantitative estimate of drug-likeness (QED) is 0.384. The van der Waals surface area contributed by atoms with Gasteiger partial charge in [-0.2, -0.15) is 0 Å². The Kier molecular flexibility index (Phi) is 4.92. The number of nitrogens with two attached hydrogens (primary N) is 1. The van der Waals surface area contributed by atoms with Gasteiger partial charge in [-0.3, -0.25) is 0 Å². The number of benzene rings is 1. The lowest BCUT2D eigenvalue weighted by Gasteiger charge is -2.10. The van der Waals surface area contributed by atoms with Crippen LogP contribution in [0.3, 0.4) is 0 Å². The van der Waals surface area contributed by atoms with Crippen molar-refractivity contribution < 1.29 is 24.1 Å². The second-order valence-electron chi connectivity index (χ2n) is 4.18. The molecule has 22 heavy (non-hydrogen) atoms. The lowest BCUT2D eigenvalue weighted by atomic mass is 10.2. The Morgan fingerprint density at radius 3 is 2.23 bits per heavy atom. The van der Waals surface area contributed by atoms with Crippen LogP contribution in [0.1, 0.15) is 15.9 Å². The average molecular weight is 302 g/mol. The van der Waals surface area contributed by atoms with Gasteiger partial charge < -0.3 is 20.0 Å². The topological polar surface area (TPSA) is 97.3 Å². The van der Waals surface area contributed by atoms with Crippen LogP contribution in [0.2, 0.25) is 0 Å². The standard InChI is InChI=1S/C15H15N3O4/c1-20-11-4-3-5-12(21-2)13(11)15(19)22-18-14(16)10-6-8-17-9-7-10/h3-9H,1-2H3,(H2,16,18)/p+1. The van der Waals surface area contributed by atoms with E-state index in [-0.39, 0.29) is 11.4 Å². The number of aromatic nitrogens is 1. The van der Waals surface area contributed by atoms with E-state index in [1.54, 1.807) is 42.7 Å². The van der Waals surface area contributed by atoms with Gasteiger partial charge in [0.05, 0.1) is 14.2 Å². The summed E-state index contributed by atoms with van der Waals surface area (Å²) in [6.07, 6.45) is 3.37. The molecule has 0 aliphatic heterocycles. The summed E-state index contributed by atoms with van der Waals surface area (Å²) >= 11 is 0. The Hall–Kier alpha value is -3.09. The van der Waals surface area contributed by atoms with Gasteiger partial charge in [-0.05, 0) is 12.1 Å². The van der Waals surface area contributed by atoms with Crippen LogP contribution in [0.4, 0.5) is 0 Å². The van der Waals surface area contributed by atoms with Gasteiger partial charge in [0, 0.05) is 17.7 Å². The number of aromatic amines is 1. The van der Waals surface area contributed by atoms with Crippen molar-refractivity contribution in [2.24, 2.45) is 10.9 Å². The number of H-pyrrole nitrogens is 1. The number of hydrogen-bond acceptors (Lipinski definition) is 5. The second-order valence-corrected chi connectivity index (χ2v) is 4.18. The molecule has 1 aromatic heterocycles. The lowest BCUT2D eigenvalue weighted by Crippen LogP contribution is -2.16. The largest absolute Gasteiger partial charge is 0.496 e. The van der Waals surface area contributed by atoms with Crippen molar-refractivity contribution in [3.05, 3.63) is 53.9 Å². The van der Waals surface area contributed by atoms with E-state index in [0.717, 1.165) is 0 Å². The van der Waals surface area contributed by atoms with Crippen LogP contribution in [-0.4, -0.2) is 26.0 Å². The van der Waals surface area contributed by atoms with E-state index in [4.69, 9.17) is 20.0 Å². The van der Waals surface area contributed by atoms with Crippen LogP contribution in [-0.2, 0) is 4.84 Å². The number of carbonyl (C=O) groups excluding carboxylic acids is 1. The SMILES string of the molecule is COc1cccc(OC)c1C(=O)ON=C(N)c1cc[nH+]cc1. The Morgan fingerprint density at radius 2 is 1.68 bits per heavy atom. The molecular formula is C15H16N3O4+. The van der Waals surface area contributed by atoms with E-state index in [1.165, 1.54) is 14.2 Å². The lowest BCUT2D eigenvalue weighted by molar-refractivity contribution is -0.378. The first kappa shape index (κ1) is 15.3. The Balaban J connectivity index is 2.23. The maximum atomic E-state index is 12.2. The Morgan fingerprint density at radius 1 is 1.09 bits per heavy atom. The second kappa shape index (κ2) is 7.07. The fourth-order valence-electron chi connectivity index (χ4n) is 1.80. The Labute approximate surface area is 127 Å². The summed E-state index contributed by atoms with van der Waals surface area (Å²) in [6, 6.07) is 8.36. The summed E-state index contributed by atoms with van der Waals surface area (Å²) in [6.45, 7) is 0. The summed E-state index contributed by atoms with van der Waals surface area (Å²) < 4.78 is 10.3. The molecule has 0 spiro atoms. The maximum Gasteiger partial charge on any atom is 0.373 e. The van der Waals surface area contributed by atoms with Gasteiger partial charge in [0.25, 0.3) is 0 Å². The molecule has 2 rings (SSSR count). The molecule has 0 aliphatic carbocycles. The molecule has 1 aromatic carbocycles. The molecule has 0 radical (unpaired) electrons. The molecule has 0 saturated heterocycles. The molecule has 7 heteroatoms. The molecule has 2 aromatic rings. The number of pyridine rings is 1. The number of carbonyl (C=O) groups is 1. The van der Waals surface area contributed by atoms with Crippen molar-refractivity contribution in [3.63, 3.8) is 0 Å². The minimum absolute atomic E-state index is 0.0798. The van der Waals surface area contributed by atoms with E-state index in [1.807, 2.05) is 0 Å². The van der Waals surface area contributed by atoms with Crippen molar-refractivity contribution in [1.82, 2.24) is 0 Å². The van der Waals surface area contributed by atoms with Crippen LogP contribution >= 0.6 is 0 Å². The zero-order chi connectivity index (χ0) is 15.9. The summed E-state index contributed by atoms with van der Waals surface area (Å²) in [5.74, 6) is 0.0100. The highest BCUT2D eigenvalue weighted by Crippen LogP contribution is 2.28. The van der Waals surface area contributed by atoms with E-state index >= 15 is 0 Å². The highest BCUT2D eigenvalue weighted by molar-refractivity contribution is 5.99. The van der Waals surface area contributed by atoms with Crippen molar-refractivity contribution in [3.8, 4) is 11.5 Å². The summed E-state index contributed by atoms with van der Waals surface area (Å²) in [4.78, 5) is 19.9. The first-order chi connectivity index (χ1) is 10.7. The van der Waals surface area contributed by atoms with Crippen LogP contribution in [0.5, 0.6) is 11.5 Å². The van der Waals surface area contributed by atoms with Crippen LogP contribution in [0, 0.1) is 0 Å². The van der Waals surface area contributed by atoms with Gasteiger partial charge in [0.1, 0.15) is 17.1 Å². The Bertz CT molecular complexity index is 664. The number of ether oxygens (including phenoxy) is 2. The van der Waals surface area contributed by atoms with Gasteiger partial charge in [-0.25, -0.2) is 9.78 Å². The van der Waals surface area contributed by atoms with Gasteiger partial charge in [0.2, 0.25) is 0 Å². The fraction of sp³-hybridized carbons (Fsp3) is 0.133. The first-order valence-corrected chi connectivity index (χ1v) is 6.39. The summed E-state index contributed by atoms with van der Waals surface area (Å²) in [5.41, 5.74) is 6.53. The minimum atomic E-state index is -0.722. The van der Waals surface area contributed by atoms with Crippen molar-refractivity contribution >= 4 is 11.8 Å². The minimum Gasteiger partial charge on any atom is -0.496 e. The molecule has 0 amide bonds. The first-order valence-electron chi connectivity index (χ1n) is 6.39. The monoisotopic (exact) mass is 302 g/mol. The zero-order valence-corrected chi connectivity index (χ0v) is 12.2. The van der Waals surface area contributed by atoms with E-state index in [2.05, 4.69) is 10.1 Å². The number of methoxy groups -OCH3 is 2. The van der Waals surface area contributed by atoms with E-state index in [0.29, 0.717) is 17.1 Å². The summed E-state index contributed by atoms with van der Waals surface area (Å²) in [5, 5.41) is 3.64. The van der Waals surface area contributed by atoms with Crippen molar-refractivity contribution in [1.29, 1.82) is 0 Å². The van der Waals surface area contributed by atoms with E-state index in [9.17, 15) is 4.79 Å². The summed E-state index contributed by atoms with van der Waals surface area (Å²) in [7, 11) is 2.90. The molecular weight excluding hydrogens is 286 g/mol. The number of rotatable bonds is 5. The number of nitrogens with zero attached hydrogens (tertiary/aromatic N) is 1. The zero-order valence-electron chi connectivity index (χ0n) is 12.2. The van der Waals surface area contributed by atoms with Gasteiger partial charge in [-0.1, -0.05) is 11.2 Å². The number of hydrogen-bond donors (Lipinski definition) is 1. The smallest absolute Gasteiger partial charge is 0.373 e. The highest BCUT2D eigenvalue weighted by atomic mass is 16.7. The molecule has 0 aliphatic rings. The highest BCUT2D eigenvalue weighted by Gasteiger charge is 2.20. The average Bonchev–Trinajstić information content (AvgIpc) is 2.59. The third-order valence-electron chi connectivity index (χ3n) is 2.87. The molecule has 1 heterocycles. The fourth-order valence-corrected chi connectivity index (χ4v) is 1.80. The predicted molar refractivity (Wildman–Crippen MR) is 78.7 cm³/mol. The predicted octanol–water partition coefficient (Wildman–Crippen LogP) is 0.995. The molecule has 0 saturated carbocycles. The molecule has 3 N–H and O–H groups in total. The number of oxime groups is 1. The molecule has 0 atom stereocenters. The third-order valence-corrected chi connectivity index (χ3v) is 2.87. The van der Waals surface area contributed by atoms with Gasteiger partial charge >= 0.3 is 5.97 Å².